The van der Waals surface area contributed by atoms with Gasteiger partial charge in [0.25, 0.3) is 0 Å². The first-order chi connectivity index (χ1) is 11.4. The van der Waals surface area contributed by atoms with Crippen LogP contribution in [-0.2, 0) is 33.3 Å². The summed E-state index contributed by atoms with van der Waals surface area (Å²) in [6.45, 7) is 3.36. The molecular weight excluding hydrogens is 324 g/mol. The third kappa shape index (κ3) is 4.80. The number of carboxylic acid groups (broad SMARTS) is 1. The molecule has 24 heavy (non-hydrogen) atoms. The summed E-state index contributed by atoms with van der Waals surface area (Å²) in [4.78, 5) is 33.6. The van der Waals surface area contributed by atoms with E-state index in [4.69, 9.17) is 29.2 Å². The number of hydrogen-bond acceptors (Lipinski definition) is 8. The van der Waals surface area contributed by atoms with E-state index in [9.17, 15) is 14.4 Å². The molecule has 9 nitrogen and oxygen atoms in total. The lowest BCUT2D eigenvalue weighted by atomic mass is 10.1. The second kappa shape index (κ2) is 7.93. The number of carbonyl (C=O) groups is 3. The highest BCUT2D eigenvalue weighted by Gasteiger charge is 2.51. The molecule has 0 aromatic rings. The zero-order valence-corrected chi connectivity index (χ0v) is 12.8. The molecule has 0 aromatic carbocycles. The highest BCUT2D eigenvalue weighted by atomic mass is 16.7. The summed E-state index contributed by atoms with van der Waals surface area (Å²) in [6.07, 6.45) is -0.923. The molecule has 4 atom stereocenters. The molecule has 0 aromatic heterocycles. The van der Waals surface area contributed by atoms with Crippen molar-refractivity contribution < 1.29 is 43.5 Å². The van der Waals surface area contributed by atoms with E-state index in [1.165, 1.54) is 0 Å². The number of carbonyl (C=O) groups excluding carboxylic acids is 2. The van der Waals surface area contributed by atoms with Crippen LogP contribution in [0.5, 0.6) is 0 Å². The van der Waals surface area contributed by atoms with Gasteiger partial charge in [-0.1, -0.05) is 6.58 Å². The summed E-state index contributed by atoms with van der Waals surface area (Å²) in [6, 6.07) is 0. The Bertz CT molecular complexity index is 553. The summed E-state index contributed by atoms with van der Waals surface area (Å²) >= 11 is 0. The summed E-state index contributed by atoms with van der Waals surface area (Å²) in [5, 5.41) is 17.4. The molecule has 9 heteroatoms. The minimum absolute atomic E-state index is 0.0749. The van der Waals surface area contributed by atoms with Crippen LogP contribution in [0, 0.1) is 0 Å². The maximum absolute atomic E-state index is 11.6. The van der Waals surface area contributed by atoms with Crippen molar-refractivity contribution in [1.82, 2.24) is 0 Å². The lowest BCUT2D eigenvalue weighted by Gasteiger charge is -2.16. The van der Waals surface area contributed by atoms with Gasteiger partial charge in [0.15, 0.2) is 12.2 Å². The number of allylic oxidation sites excluding steroid dienone is 1. The Balaban J connectivity index is 1.83. The fourth-order valence-electron chi connectivity index (χ4n) is 2.42. The summed E-state index contributed by atoms with van der Waals surface area (Å²) in [5.41, 5.74) is 0. The highest BCUT2D eigenvalue weighted by Crippen LogP contribution is 2.30. The zero-order chi connectivity index (χ0) is 17.7. The Morgan fingerprint density at radius 2 is 1.58 bits per heavy atom. The van der Waals surface area contributed by atoms with Gasteiger partial charge in [-0.2, -0.15) is 0 Å². The summed E-state index contributed by atoms with van der Waals surface area (Å²) < 4.78 is 21.3. The maximum Gasteiger partial charge on any atom is 0.331 e. The van der Waals surface area contributed by atoms with Gasteiger partial charge in [0.05, 0.1) is 26.1 Å². The summed E-state index contributed by atoms with van der Waals surface area (Å²) in [5.74, 6) is -2.71. The van der Waals surface area contributed by atoms with Crippen LogP contribution in [0.25, 0.3) is 0 Å². The van der Waals surface area contributed by atoms with Crippen LogP contribution in [0.15, 0.2) is 24.5 Å². The van der Waals surface area contributed by atoms with E-state index < -0.39 is 42.3 Å². The SMILES string of the molecule is C=C(O)C=CC(=O)O[C@H]1CO[C@H]2[C@@H]1OC[C@H]2OC(=O)CCC(=O)O. The van der Waals surface area contributed by atoms with Crippen LogP contribution >= 0.6 is 0 Å². The Morgan fingerprint density at radius 1 is 1.00 bits per heavy atom. The molecule has 0 saturated carbocycles. The van der Waals surface area contributed by atoms with Gasteiger partial charge in [-0.3, -0.25) is 9.59 Å². The molecule has 0 aliphatic carbocycles. The van der Waals surface area contributed by atoms with E-state index in [-0.39, 0.29) is 31.8 Å². The van der Waals surface area contributed by atoms with Gasteiger partial charge in [0.2, 0.25) is 0 Å². The van der Waals surface area contributed by atoms with Gasteiger partial charge in [-0.15, -0.1) is 0 Å². The number of hydrogen-bond donors (Lipinski definition) is 2. The molecule has 132 valence electrons. The van der Waals surface area contributed by atoms with Gasteiger partial charge in [-0.25, -0.2) is 4.79 Å². The van der Waals surface area contributed by atoms with Crippen molar-refractivity contribution in [3.8, 4) is 0 Å². The molecule has 2 aliphatic rings. The maximum atomic E-state index is 11.6. The fourth-order valence-corrected chi connectivity index (χ4v) is 2.42. The lowest BCUT2D eigenvalue weighted by Crippen LogP contribution is -2.35. The highest BCUT2D eigenvalue weighted by molar-refractivity contribution is 5.82. The Labute approximate surface area is 137 Å². The van der Waals surface area contributed by atoms with Gasteiger partial charge < -0.3 is 29.2 Å². The molecule has 0 radical (unpaired) electrons. The van der Waals surface area contributed by atoms with E-state index in [0.717, 1.165) is 12.2 Å². The van der Waals surface area contributed by atoms with E-state index in [1.807, 2.05) is 0 Å². The van der Waals surface area contributed by atoms with Crippen molar-refractivity contribution in [2.75, 3.05) is 13.2 Å². The van der Waals surface area contributed by atoms with Crippen LogP contribution in [0.4, 0.5) is 0 Å². The number of rotatable bonds is 7. The molecule has 0 spiro atoms. The molecule has 0 unspecified atom stereocenters. The van der Waals surface area contributed by atoms with Crippen molar-refractivity contribution in [1.29, 1.82) is 0 Å². The predicted molar refractivity (Wildman–Crippen MR) is 77.0 cm³/mol. The molecule has 2 rings (SSSR count). The number of carboxylic acids is 1. The Kier molecular flexibility index (Phi) is 5.93. The minimum Gasteiger partial charge on any atom is -0.509 e. The van der Waals surface area contributed by atoms with Crippen molar-refractivity contribution in [3.63, 3.8) is 0 Å². The smallest absolute Gasteiger partial charge is 0.331 e. The van der Waals surface area contributed by atoms with Gasteiger partial charge >= 0.3 is 17.9 Å². The van der Waals surface area contributed by atoms with Crippen LogP contribution < -0.4 is 0 Å². The standard InChI is InChI=1S/C15H18O9/c1-8(16)2-4-12(19)23-9-6-21-15-10(7-22-14(9)15)24-13(20)5-3-11(17)18/h2,4,9-10,14-16H,1,3,5-7H2,(H,17,18)/t9-,10+,14+,15+/m0/s1. The normalized spacial score (nSPS) is 28.5. The molecule has 2 fully saturated rings. The number of esters is 2. The second-order valence-corrected chi connectivity index (χ2v) is 5.32. The molecule has 2 heterocycles. The first-order valence-electron chi connectivity index (χ1n) is 7.28. The molecule has 2 aliphatic heterocycles. The van der Waals surface area contributed by atoms with Gasteiger partial charge in [0, 0.05) is 6.08 Å². The molecular formula is C15H18O9. The second-order valence-electron chi connectivity index (χ2n) is 5.32. The van der Waals surface area contributed by atoms with Crippen LogP contribution in [0.2, 0.25) is 0 Å². The zero-order valence-electron chi connectivity index (χ0n) is 12.8. The van der Waals surface area contributed by atoms with Crippen LogP contribution in [0.1, 0.15) is 12.8 Å². The number of fused-ring (bicyclic) bond motifs is 1. The average Bonchev–Trinajstić information content (AvgIpc) is 3.07. The Morgan fingerprint density at radius 3 is 2.12 bits per heavy atom. The van der Waals surface area contributed by atoms with Crippen molar-refractivity contribution >= 4 is 17.9 Å². The molecule has 0 bridgehead atoms. The third-order valence-electron chi connectivity index (χ3n) is 3.47. The quantitative estimate of drug-likeness (QED) is 0.286. The average molecular weight is 342 g/mol. The van der Waals surface area contributed by atoms with Gasteiger partial charge in [0.1, 0.15) is 18.0 Å². The Hall–Kier alpha value is -2.39. The summed E-state index contributed by atoms with van der Waals surface area (Å²) in [7, 11) is 0. The molecule has 2 saturated heterocycles. The number of aliphatic hydroxyl groups excluding tert-OH is 1. The van der Waals surface area contributed by atoms with E-state index in [0.29, 0.717) is 0 Å². The van der Waals surface area contributed by atoms with Crippen molar-refractivity contribution in [3.05, 3.63) is 24.5 Å². The first-order valence-corrected chi connectivity index (χ1v) is 7.28. The molecule has 2 N–H and O–H groups in total. The van der Waals surface area contributed by atoms with Crippen molar-refractivity contribution in [2.24, 2.45) is 0 Å². The van der Waals surface area contributed by atoms with Gasteiger partial charge in [-0.05, 0) is 6.08 Å². The fraction of sp³-hybridized carbons (Fsp3) is 0.533. The number of aliphatic hydroxyl groups is 1. The predicted octanol–water partition coefficient (Wildman–Crippen LogP) is 0.100. The molecule has 0 amide bonds. The van der Waals surface area contributed by atoms with Crippen LogP contribution in [0.3, 0.4) is 0 Å². The number of aliphatic carboxylic acids is 1. The monoisotopic (exact) mass is 342 g/mol. The number of ether oxygens (including phenoxy) is 4. The van der Waals surface area contributed by atoms with Crippen LogP contribution in [-0.4, -0.2) is 65.8 Å². The van der Waals surface area contributed by atoms with Crippen molar-refractivity contribution in [2.45, 2.75) is 37.3 Å². The van der Waals surface area contributed by atoms with E-state index >= 15 is 0 Å². The third-order valence-corrected chi connectivity index (χ3v) is 3.47. The topological polar surface area (TPSA) is 129 Å². The lowest BCUT2D eigenvalue weighted by molar-refractivity contribution is -0.156. The first kappa shape index (κ1) is 18.0. The minimum atomic E-state index is -1.09. The van der Waals surface area contributed by atoms with E-state index in [2.05, 4.69) is 6.58 Å². The largest absolute Gasteiger partial charge is 0.509 e. The van der Waals surface area contributed by atoms with E-state index in [1.54, 1.807) is 0 Å².